The highest BCUT2D eigenvalue weighted by Crippen LogP contribution is 2.40. The Hall–Kier alpha value is -0.630. The highest BCUT2D eigenvalue weighted by Gasteiger charge is 2.34. The summed E-state index contributed by atoms with van der Waals surface area (Å²) >= 11 is 1.89. The predicted octanol–water partition coefficient (Wildman–Crippen LogP) is 4.88. The van der Waals surface area contributed by atoms with Gasteiger partial charge in [-0.3, -0.25) is 4.79 Å². The molecule has 0 aromatic carbocycles. The van der Waals surface area contributed by atoms with Gasteiger partial charge < -0.3 is 0 Å². The Morgan fingerprint density at radius 1 is 1.26 bits per heavy atom. The van der Waals surface area contributed by atoms with Crippen LogP contribution in [-0.4, -0.2) is 5.78 Å². The molecule has 0 bridgehead atoms. The van der Waals surface area contributed by atoms with E-state index in [4.69, 9.17) is 0 Å². The lowest BCUT2D eigenvalue weighted by atomic mass is 9.68. The van der Waals surface area contributed by atoms with E-state index in [1.807, 2.05) is 11.3 Å². The summed E-state index contributed by atoms with van der Waals surface area (Å²) in [5.74, 6) is 1.45. The summed E-state index contributed by atoms with van der Waals surface area (Å²) in [4.78, 5) is 15.0. The zero-order valence-electron chi connectivity index (χ0n) is 12.7. The van der Waals surface area contributed by atoms with Crippen LogP contribution in [0.5, 0.6) is 0 Å². The molecule has 2 heteroatoms. The van der Waals surface area contributed by atoms with E-state index in [1.165, 1.54) is 9.75 Å². The highest BCUT2D eigenvalue weighted by atomic mass is 32.1. The van der Waals surface area contributed by atoms with Crippen molar-refractivity contribution in [3.63, 3.8) is 0 Å². The number of Topliss-reactive ketones (excluding diaryl/α,β-unsaturated/α-hetero) is 1. The van der Waals surface area contributed by atoms with E-state index >= 15 is 0 Å². The third-order valence-corrected chi connectivity index (χ3v) is 5.75. The van der Waals surface area contributed by atoms with Crippen LogP contribution in [-0.2, 0) is 17.6 Å². The van der Waals surface area contributed by atoms with Crippen molar-refractivity contribution in [3.8, 4) is 0 Å². The number of hydrogen-bond donors (Lipinski definition) is 0. The molecule has 19 heavy (non-hydrogen) atoms. The topological polar surface area (TPSA) is 17.1 Å². The molecule has 1 saturated carbocycles. The summed E-state index contributed by atoms with van der Waals surface area (Å²) in [6, 6.07) is 4.44. The zero-order chi connectivity index (χ0) is 14.0. The van der Waals surface area contributed by atoms with Crippen molar-refractivity contribution in [2.24, 2.45) is 17.3 Å². The summed E-state index contributed by atoms with van der Waals surface area (Å²) in [5, 5.41) is 0. The first-order valence-corrected chi connectivity index (χ1v) is 8.32. The van der Waals surface area contributed by atoms with Crippen LogP contribution in [0, 0.1) is 17.3 Å². The molecule has 1 aromatic heterocycles. The van der Waals surface area contributed by atoms with Crippen molar-refractivity contribution < 1.29 is 4.79 Å². The molecule has 0 spiro atoms. The maximum atomic E-state index is 12.2. The average Bonchev–Trinajstić information content (AvgIpc) is 2.78. The van der Waals surface area contributed by atoms with Crippen molar-refractivity contribution in [3.05, 3.63) is 21.9 Å². The molecule has 0 saturated heterocycles. The number of hydrogen-bond acceptors (Lipinski definition) is 2. The van der Waals surface area contributed by atoms with E-state index in [1.54, 1.807) is 0 Å². The molecule has 1 aliphatic rings. The highest BCUT2D eigenvalue weighted by molar-refractivity contribution is 7.12. The average molecular weight is 278 g/mol. The largest absolute Gasteiger partial charge is 0.299 e. The van der Waals surface area contributed by atoms with Crippen LogP contribution in [0.25, 0.3) is 0 Å². The Balaban J connectivity index is 2.03. The Morgan fingerprint density at radius 2 is 1.95 bits per heavy atom. The lowest BCUT2D eigenvalue weighted by molar-refractivity contribution is -0.126. The quantitative estimate of drug-likeness (QED) is 0.769. The maximum absolute atomic E-state index is 12.2. The third kappa shape index (κ3) is 3.68. The second-order valence-corrected chi connectivity index (χ2v) is 8.18. The molecule has 1 heterocycles. The molecule has 106 valence electrons. The molecular formula is C17H26OS. The molecule has 0 radical (unpaired) electrons. The van der Waals surface area contributed by atoms with Gasteiger partial charge in [0.2, 0.25) is 0 Å². The molecule has 1 aromatic rings. The van der Waals surface area contributed by atoms with Gasteiger partial charge in [-0.2, -0.15) is 0 Å². The molecule has 2 atom stereocenters. The molecule has 2 rings (SSSR count). The predicted molar refractivity (Wildman–Crippen MR) is 82.7 cm³/mol. The summed E-state index contributed by atoms with van der Waals surface area (Å²) in [5.41, 5.74) is 0.336. The minimum atomic E-state index is 0.265. The van der Waals surface area contributed by atoms with E-state index in [9.17, 15) is 4.79 Å². The minimum absolute atomic E-state index is 0.265. The number of ketones is 1. The number of carbonyl (C=O) groups excluding carboxylic acids is 1. The molecule has 1 nitrogen and oxygen atoms in total. The lowest BCUT2D eigenvalue weighted by Gasteiger charge is -2.36. The van der Waals surface area contributed by atoms with Crippen molar-refractivity contribution >= 4 is 17.1 Å². The van der Waals surface area contributed by atoms with E-state index < -0.39 is 0 Å². The van der Waals surface area contributed by atoms with Gasteiger partial charge >= 0.3 is 0 Å². The second-order valence-electron chi connectivity index (χ2n) is 6.93. The summed E-state index contributed by atoms with van der Waals surface area (Å²) in [6.45, 7) is 9.12. The minimum Gasteiger partial charge on any atom is -0.299 e. The zero-order valence-corrected chi connectivity index (χ0v) is 13.5. The van der Waals surface area contributed by atoms with E-state index in [2.05, 4.69) is 39.8 Å². The van der Waals surface area contributed by atoms with Crippen molar-refractivity contribution in [2.45, 2.75) is 59.8 Å². The first kappa shape index (κ1) is 14.8. The van der Waals surface area contributed by atoms with Gasteiger partial charge in [0.15, 0.2) is 0 Å². The van der Waals surface area contributed by atoms with Crippen LogP contribution in [0.3, 0.4) is 0 Å². The van der Waals surface area contributed by atoms with Crippen LogP contribution < -0.4 is 0 Å². The molecule has 0 N–H and O–H groups in total. The fraction of sp³-hybridized carbons (Fsp3) is 0.706. The van der Waals surface area contributed by atoms with Gasteiger partial charge in [-0.25, -0.2) is 0 Å². The van der Waals surface area contributed by atoms with Gasteiger partial charge in [-0.1, -0.05) is 27.7 Å². The Bertz CT molecular complexity index is 438. The first-order chi connectivity index (χ1) is 8.90. The molecule has 0 aliphatic heterocycles. The molecule has 0 amide bonds. The van der Waals surface area contributed by atoms with Gasteiger partial charge in [-0.05, 0) is 49.1 Å². The number of carbonyl (C=O) groups is 1. The van der Waals surface area contributed by atoms with Gasteiger partial charge in [-0.15, -0.1) is 11.3 Å². The lowest BCUT2D eigenvalue weighted by Crippen LogP contribution is -2.32. The second kappa shape index (κ2) is 5.78. The van der Waals surface area contributed by atoms with Gasteiger partial charge in [0, 0.05) is 22.1 Å². The number of thiophene rings is 1. The van der Waals surface area contributed by atoms with Gasteiger partial charge in [0.25, 0.3) is 0 Å². The molecular weight excluding hydrogens is 252 g/mol. The molecule has 1 aliphatic carbocycles. The summed E-state index contributed by atoms with van der Waals surface area (Å²) in [6.07, 6.45) is 5.04. The maximum Gasteiger partial charge on any atom is 0.136 e. The van der Waals surface area contributed by atoms with E-state index in [0.717, 1.165) is 32.1 Å². The smallest absolute Gasteiger partial charge is 0.136 e. The third-order valence-electron chi connectivity index (χ3n) is 4.50. The molecule has 1 fully saturated rings. The van der Waals surface area contributed by atoms with Crippen molar-refractivity contribution in [2.75, 3.05) is 0 Å². The van der Waals surface area contributed by atoms with Crippen molar-refractivity contribution in [1.29, 1.82) is 0 Å². The van der Waals surface area contributed by atoms with Crippen LogP contribution >= 0.6 is 11.3 Å². The van der Waals surface area contributed by atoms with Crippen LogP contribution in [0.4, 0.5) is 0 Å². The Morgan fingerprint density at radius 3 is 2.53 bits per heavy atom. The summed E-state index contributed by atoms with van der Waals surface area (Å²) in [7, 11) is 0. The Labute approximate surface area is 121 Å². The van der Waals surface area contributed by atoms with Crippen LogP contribution in [0.2, 0.25) is 0 Å². The van der Waals surface area contributed by atoms with Crippen LogP contribution in [0.15, 0.2) is 12.1 Å². The normalized spacial score (nSPS) is 24.7. The van der Waals surface area contributed by atoms with Crippen LogP contribution in [0.1, 0.15) is 56.7 Å². The summed E-state index contributed by atoms with van der Waals surface area (Å²) < 4.78 is 0. The fourth-order valence-electron chi connectivity index (χ4n) is 3.06. The first-order valence-electron chi connectivity index (χ1n) is 7.50. The van der Waals surface area contributed by atoms with Crippen molar-refractivity contribution in [1.82, 2.24) is 0 Å². The monoisotopic (exact) mass is 278 g/mol. The SMILES string of the molecule is CCc1ccc(CC2CC(C(C)(C)C)CCC2=O)s1. The number of aryl methyl sites for hydroxylation is 1. The van der Waals surface area contributed by atoms with E-state index in [-0.39, 0.29) is 5.92 Å². The number of rotatable bonds is 3. The standard InChI is InChI=1S/C17H26OS/c1-5-14-7-8-15(19-14)11-12-10-13(17(2,3)4)6-9-16(12)18/h7-8,12-13H,5-6,9-11H2,1-4H3. The van der Waals surface area contributed by atoms with Gasteiger partial charge in [0.1, 0.15) is 5.78 Å². The Kier molecular flexibility index (Phi) is 4.50. The fourth-order valence-corrected chi connectivity index (χ4v) is 4.10. The van der Waals surface area contributed by atoms with Gasteiger partial charge in [0.05, 0.1) is 0 Å². The molecule has 2 unspecified atom stereocenters. The van der Waals surface area contributed by atoms with E-state index in [0.29, 0.717) is 17.1 Å².